The third-order valence-corrected chi connectivity index (χ3v) is 3.58. The van der Waals surface area contributed by atoms with Gasteiger partial charge in [-0.3, -0.25) is 4.79 Å². The molecule has 1 amide bonds. The average molecular weight is 364 g/mol. The van der Waals surface area contributed by atoms with Crippen molar-refractivity contribution in [2.24, 2.45) is 0 Å². The molecule has 0 aliphatic heterocycles. The van der Waals surface area contributed by atoms with E-state index in [1.54, 1.807) is 19.2 Å². The Kier molecular flexibility index (Phi) is 5.44. The number of anilines is 1. The Balaban J connectivity index is 2.34. The molecule has 0 saturated carbocycles. The minimum Gasteiger partial charge on any atom is -0.496 e. The molecule has 0 bridgehead atoms. The van der Waals surface area contributed by atoms with Crippen LogP contribution in [0.4, 0.5) is 5.69 Å². The lowest BCUT2D eigenvalue weighted by atomic mass is 10.1. The van der Waals surface area contributed by atoms with Gasteiger partial charge in [0.15, 0.2) is 0 Å². The molecule has 2 aromatic carbocycles. The van der Waals surface area contributed by atoms with Crippen molar-refractivity contribution in [2.45, 2.75) is 13.8 Å². The Morgan fingerprint density at radius 1 is 1.27 bits per heavy atom. The molecular formula is C17H18BrNO3. The molecule has 0 aromatic heterocycles. The van der Waals surface area contributed by atoms with Crippen LogP contribution in [0.1, 0.15) is 22.8 Å². The van der Waals surface area contributed by atoms with Gasteiger partial charge in [-0.15, -0.1) is 0 Å². The van der Waals surface area contributed by atoms with Crippen molar-refractivity contribution in [3.63, 3.8) is 0 Å². The molecule has 0 fully saturated rings. The van der Waals surface area contributed by atoms with E-state index in [1.165, 1.54) is 0 Å². The number of hydrogen-bond donors (Lipinski definition) is 1. The molecule has 0 heterocycles. The predicted molar refractivity (Wildman–Crippen MR) is 91.0 cm³/mol. The molecule has 2 rings (SSSR count). The van der Waals surface area contributed by atoms with Crippen molar-refractivity contribution in [2.75, 3.05) is 19.0 Å². The van der Waals surface area contributed by atoms with Crippen molar-refractivity contribution in [3.8, 4) is 11.5 Å². The molecule has 0 unspecified atom stereocenters. The normalized spacial score (nSPS) is 10.2. The second-order valence-electron chi connectivity index (χ2n) is 4.69. The van der Waals surface area contributed by atoms with Crippen LogP contribution in [-0.4, -0.2) is 19.6 Å². The third-order valence-electron chi connectivity index (χ3n) is 3.12. The molecule has 2 aromatic rings. The van der Waals surface area contributed by atoms with Crippen LogP contribution in [0.15, 0.2) is 40.9 Å². The van der Waals surface area contributed by atoms with Crippen molar-refractivity contribution in [3.05, 3.63) is 52.0 Å². The minimum atomic E-state index is -0.242. The van der Waals surface area contributed by atoms with E-state index >= 15 is 0 Å². The first kappa shape index (κ1) is 16.4. The summed E-state index contributed by atoms with van der Waals surface area (Å²) in [6, 6.07) is 11.0. The summed E-state index contributed by atoms with van der Waals surface area (Å²) in [7, 11) is 1.56. The molecule has 0 spiro atoms. The van der Waals surface area contributed by atoms with Crippen molar-refractivity contribution in [1.82, 2.24) is 0 Å². The fraction of sp³-hybridized carbons (Fsp3) is 0.235. The third kappa shape index (κ3) is 3.60. The van der Waals surface area contributed by atoms with E-state index in [-0.39, 0.29) is 5.91 Å². The topological polar surface area (TPSA) is 47.6 Å². The number of para-hydroxylation sites is 2. The fourth-order valence-corrected chi connectivity index (χ4v) is 2.78. The lowest BCUT2D eigenvalue weighted by Gasteiger charge is -2.14. The number of ether oxygens (including phenoxy) is 2. The summed E-state index contributed by atoms with van der Waals surface area (Å²) in [6.07, 6.45) is 0. The predicted octanol–water partition coefficient (Wildman–Crippen LogP) is 4.42. The monoisotopic (exact) mass is 363 g/mol. The van der Waals surface area contributed by atoms with Gasteiger partial charge in [-0.05, 0) is 43.7 Å². The van der Waals surface area contributed by atoms with Gasteiger partial charge in [-0.2, -0.15) is 0 Å². The summed E-state index contributed by atoms with van der Waals surface area (Å²) in [6.45, 7) is 4.33. The number of carbonyl (C=O) groups excluding carboxylic acids is 1. The highest BCUT2D eigenvalue weighted by Crippen LogP contribution is 2.30. The van der Waals surface area contributed by atoms with Gasteiger partial charge >= 0.3 is 0 Å². The molecule has 5 heteroatoms. The first-order chi connectivity index (χ1) is 10.6. The van der Waals surface area contributed by atoms with Gasteiger partial charge in [0.2, 0.25) is 0 Å². The van der Waals surface area contributed by atoms with Gasteiger partial charge in [0, 0.05) is 4.47 Å². The highest BCUT2D eigenvalue weighted by atomic mass is 79.9. The molecule has 0 saturated heterocycles. The van der Waals surface area contributed by atoms with E-state index in [4.69, 9.17) is 9.47 Å². The number of methoxy groups -OCH3 is 1. The number of carbonyl (C=O) groups is 1. The second-order valence-corrected chi connectivity index (χ2v) is 5.60. The van der Waals surface area contributed by atoms with Crippen LogP contribution in [0.3, 0.4) is 0 Å². The summed E-state index contributed by atoms with van der Waals surface area (Å²) in [5, 5.41) is 2.88. The lowest BCUT2D eigenvalue weighted by Crippen LogP contribution is -2.14. The van der Waals surface area contributed by atoms with E-state index in [1.807, 2.05) is 38.1 Å². The van der Waals surface area contributed by atoms with Gasteiger partial charge in [0.25, 0.3) is 5.91 Å². The zero-order valence-corrected chi connectivity index (χ0v) is 14.4. The summed E-state index contributed by atoms with van der Waals surface area (Å²) in [5.41, 5.74) is 2.00. The summed E-state index contributed by atoms with van der Waals surface area (Å²) in [5.74, 6) is 0.965. The van der Waals surface area contributed by atoms with Crippen molar-refractivity contribution >= 4 is 27.5 Å². The lowest BCUT2D eigenvalue weighted by molar-refractivity contribution is 0.102. The number of halogens is 1. The minimum absolute atomic E-state index is 0.242. The van der Waals surface area contributed by atoms with Crippen LogP contribution in [-0.2, 0) is 0 Å². The highest BCUT2D eigenvalue weighted by Gasteiger charge is 2.17. The molecule has 4 nitrogen and oxygen atoms in total. The van der Waals surface area contributed by atoms with Crippen LogP contribution in [0.25, 0.3) is 0 Å². The number of benzene rings is 2. The van der Waals surface area contributed by atoms with E-state index < -0.39 is 0 Å². The fourth-order valence-electron chi connectivity index (χ4n) is 2.21. The molecule has 0 aliphatic carbocycles. The van der Waals surface area contributed by atoms with Crippen molar-refractivity contribution in [1.29, 1.82) is 0 Å². The van der Waals surface area contributed by atoms with Gasteiger partial charge < -0.3 is 14.8 Å². The molecule has 1 N–H and O–H groups in total. The number of rotatable bonds is 5. The first-order valence-corrected chi connectivity index (χ1v) is 7.73. The molecule has 0 radical (unpaired) electrons. The summed E-state index contributed by atoms with van der Waals surface area (Å²) < 4.78 is 11.7. The molecule has 0 atom stereocenters. The van der Waals surface area contributed by atoms with Gasteiger partial charge in [-0.25, -0.2) is 0 Å². The average Bonchev–Trinajstić information content (AvgIpc) is 2.48. The molecule has 0 aliphatic rings. The maximum Gasteiger partial charge on any atom is 0.259 e. The highest BCUT2D eigenvalue weighted by molar-refractivity contribution is 9.10. The molecule has 22 heavy (non-hydrogen) atoms. The van der Waals surface area contributed by atoms with Crippen molar-refractivity contribution < 1.29 is 14.3 Å². The molecule has 116 valence electrons. The van der Waals surface area contributed by atoms with Crippen LogP contribution in [0.2, 0.25) is 0 Å². The maximum absolute atomic E-state index is 12.6. The molecular weight excluding hydrogens is 346 g/mol. The summed E-state index contributed by atoms with van der Waals surface area (Å²) >= 11 is 3.41. The Morgan fingerprint density at radius 3 is 2.68 bits per heavy atom. The number of nitrogens with one attached hydrogen (secondary N) is 1. The van der Waals surface area contributed by atoms with Gasteiger partial charge in [0.05, 0.1) is 25.0 Å². The SMILES string of the molecule is CCOc1ccccc1NC(=O)c1cc(Br)cc(C)c1OC. The Hall–Kier alpha value is -2.01. The van der Waals surface area contributed by atoms with Crippen LogP contribution in [0, 0.1) is 6.92 Å². The summed E-state index contributed by atoms with van der Waals surface area (Å²) in [4.78, 5) is 12.6. The number of hydrogen-bond acceptors (Lipinski definition) is 3. The largest absolute Gasteiger partial charge is 0.496 e. The standard InChI is InChI=1S/C17H18BrNO3/c1-4-22-15-8-6-5-7-14(15)19-17(20)13-10-12(18)9-11(2)16(13)21-3/h5-10H,4H2,1-3H3,(H,19,20). The smallest absolute Gasteiger partial charge is 0.259 e. The first-order valence-electron chi connectivity index (χ1n) is 6.94. The Labute approximate surface area is 138 Å². The van der Waals surface area contributed by atoms with E-state index in [9.17, 15) is 4.79 Å². The van der Waals surface area contributed by atoms with Crippen LogP contribution < -0.4 is 14.8 Å². The zero-order chi connectivity index (χ0) is 16.1. The quantitative estimate of drug-likeness (QED) is 0.855. The Bertz CT molecular complexity index is 686. The zero-order valence-electron chi connectivity index (χ0n) is 12.8. The van der Waals surface area contributed by atoms with Gasteiger partial charge in [0.1, 0.15) is 11.5 Å². The van der Waals surface area contributed by atoms with Crippen LogP contribution >= 0.6 is 15.9 Å². The maximum atomic E-state index is 12.6. The number of aryl methyl sites for hydroxylation is 1. The van der Waals surface area contributed by atoms with E-state index in [2.05, 4.69) is 21.2 Å². The second kappa shape index (κ2) is 7.31. The van der Waals surface area contributed by atoms with E-state index in [0.717, 1.165) is 10.0 Å². The van der Waals surface area contributed by atoms with Crippen LogP contribution in [0.5, 0.6) is 11.5 Å². The number of amides is 1. The Morgan fingerprint density at radius 2 is 2.00 bits per heavy atom. The van der Waals surface area contributed by atoms with Gasteiger partial charge in [-0.1, -0.05) is 28.1 Å². The van der Waals surface area contributed by atoms with E-state index in [0.29, 0.717) is 29.4 Å².